The van der Waals surface area contributed by atoms with E-state index < -0.39 is 0 Å². The van der Waals surface area contributed by atoms with Gasteiger partial charge in [-0.1, -0.05) is 25.8 Å². The second kappa shape index (κ2) is 11.6. The molecule has 0 aliphatic heterocycles. The Balaban J connectivity index is 0. The van der Waals surface area contributed by atoms with E-state index in [2.05, 4.69) is 12.2 Å². The van der Waals surface area contributed by atoms with Crippen LogP contribution in [0.25, 0.3) is 0 Å². The lowest BCUT2D eigenvalue weighted by atomic mass is 10.2. The van der Waals surface area contributed by atoms with Crippen LogP contribution in [0.5, 0.6) is 0 Å². The highest BCUT2D eigenvalue weighted by Crippen LogP contribution is 1.90. The molecule has 10 heavy (non-hydrogen) atoms. The monoisotopic (exact) mass is 163 g/mol. The Morgan fingerprint density at radius 1 is 1.30 bits per heavy atom. The van der Waals surface area contributed by atoms with Crippen LogP contribution in [0.1, 0.15) is 33.1 Å². The van der Waals surface area contributed by atoms with Crippen LogP contribution in [0.3, 0.4) is 0 Å². The van der Waals surface area contributed by atoms with Gasteiger partial charge in [0.1, 0.15) is 0 Å². The number of rotatable bonds is 5. The number of hydrogen-bond acceptors (Lipinski definition) is 1. The van der Waals surface area contributed by atoms with Crippen molar-refractivity contribution in [2.24, 2.45) is 0 Å². The summed E-state index contributed by atoms with van der Waals surface area (Å²) >= 11 is 0. The first kappa shape index (κ1) is 12.5. The number of nitrogens with one attached hydrogen (secondary N) is 1. The highest BCUT2D eigenvalue weighted by Gasteiger charge is 1.80. The van der Waals surface area contributed by atoms with E-state index >= 15 is 0 Å². The van der Waals surface area contributed by atoms with Crippen molar-refractivity contribution in [3.63, 3.8) is 0 Å². The smallest absolute Gasteiger partial charge is 0.0141 e. The van der Waals surface area contributed by atoms with Gasteiger partial charge in [0.15, 0.2) is 0 Å². The van der Waals surface area contributed by atoms with E-state index in [0.717, 1.165) is 6.54 Å². The first-order chi connectivity index (χ1) is 4.41. The van der Waals surface area contributed by atoms with Crippen molar-refractivity contribution in [2.75, 3.05) is 6.54 Å². The van der Waals surface area contributed by atoms with E-state index in [1.54, 1.807) is 0 Å². The van der Waals surface area contributed by atoms with Gasteiger partial charge in [-0.05, 0) is 19.5 Å². The molecule has 0 aliphatic carbocycles. The van der Waals surface area contributed by atoms with Gasteiger partial charge in [0.05, 0.1) is 0 Å². The number of hydrogen-bond donors (Lipinski definition) is 1. The lowest BCUT2D eigenvalue weighted by Crippen LogP contribution is -2.05. The molecule has 0 aromatic rings. The van der Waals surface area contributed by atoms with Crippen molar-refractivity contribution in [2.45, 2.75) is 33.1 Å². The Bertz CT molecular complexity index is 71.7. The third kappa shape index (κ3) is 10.7. The van der Waals surface area contributed by atoms with Crippen LogP contribution < -0.4 is 5.32 Å². The highest BCUT2D eigenvalue weighted by molar-refractivity contribution is 5.85. The Hall–Kier alpha value is -0.170. The molecule has 0 spiro atoms. The number of allylic oxidation sites excluding steroid dienone is 1. The predicted octanol–water partition coefficient (Wildman–Crippen LogP) is 2.72. The van der Waals surface area contributed by atoms with Crippen LogP contribution in [0.15, 0.2) is 12.3 Å². The van der Waals surface area contributed by atoms with Crippen molar-refractivity contribution in [1.29, 1.82) is 0 Å². The molecule has 2 heteroatoms. The van der Waals surface area contributed by atoms with Gasteiger partial charge < -0.3 is 5.32 Å². The molecule has 0 saturated heterocycles. The summed E-state index contributed by atoms with van der Waals surface area (Å²) in [6.45, 7) is 5.36. The van der Waals surface area contributed by atoms with Crippen LogP contribution in [0, 0.1) is 0 Å². The Labute approximate surface area is 70.3 Å². The molecule has 0 heterocycles. The number of halogens is 1. The molecule has 0 fully saturated rings. The first-order valence-corrected chi connectivity index (χ1v) is 3.76. The molecule has 1 N–H and O–H groups in total. The molecule has 0 radical (unpaired) electrons. The quantitative estimate of drug-likeness (QED) is 0.615. The molecule has 0 amide bonds. The molecule has 0 unspecified atom stereocenters. The second-order valence-corrected chi connectivity index (χ2v) is 2.16. The summed E-state index contributed by atoms with van der Waals surface area (Å²) in [6, 6.07) is 0. The van der Waals surface area contributed by atoms with Crippen molar-refractivity contribution >= 4 is 12.4 Å². The van der Waals surface area contributed by atoms with E-state index in [9.17, 15) is 0 Å². The Morgan fingerprint density at radius 3 is 2.50 bits per heavy atom. The van der Waals surface area contributed by atoms with Crippen molar-refractivity contribution in [1.82, 2.24) is 5.32 Å². The fourth-order valence-corrected chi connectivity index (χ4v) is 0.678. The van der Waals surface area contributed by atoms with E-state index in [0.29, 0.717) is 0 Å². The maximum atomic E-state index is 3.19. The standard InChI is InChI=1S/C8H17N.ClH/c1-3-5-6-8-9-7-4-2;/h4,7,9H,3,5-6,8H2,1-2H3;1H. The zero-order chi connectivity index (χ0) is 6.95. The summed E-state index contributed by atoms with van der Waals surface area (Å²) in [5, 5.41) is 3.19. The molecule has 1 nitrogen and oxygen atoms in total. The number of unbranched alkanes of at least 4 members (excludes halogenated alkanes) is 2. The summed E-state index contributed by atoms with van der Waals surface area (Å²) < 4.78 is 0. The van der Waals surface area contributed by atoms with Crippen LogP contribution in [0.2, 0.25) is 0 Å². The van der Waals surface area contributed by atoms with E-state index in [4.69, 9.17) is 0 Å². The molecular formula is C8H18ClN. The SMILES string of the molecule is CC=CNCCCCC.Cl. The summed E-state index contributed by atoms with van der Waals surface area (Å²) in [6.07, 6.45) is 7.95. The largest absolute Gasteiger partial charge is 0.391 e. The molecule has 0 aliphatic rings. The average Bonchev–Trinajstić information content (AvgIpc) is 1.89. The van der Waals surface area contributed by atoms with Gasteiger partial charge in [-0.15, -0.1) is 12.4 Å². The highest BCUT2D eigenvalue weighted by atomic mass is 35.5. The topological polar surface area (TPSA) is 12.0 Å². The average molecular weight is 164 g/mol. The summed E-state index contributed by atoms with van der Waals surface area (Å²) in [5.74, 6) is 0. The molecule has 0 aromatic heterocycles. The first-order valence-electron chi connectivity index (χ1n) is 3.76. The zero-order valence-electron chi connectivity index (χ0n) is 6.89. The van der Waals surface area contributed by atoms with Gasteiger partial charge in [-0.2, -0.15) is 0 Å². The van der Waals surface area contributed by atoms with Crippen LogP contribution in [0.4, 0.5) is 0 Å². The van der Waals surface area contributed by atoms with Crippen LogP contribution >= 0.6 is 12.4 Å². The molecule has 0 saturated carbocycles. The molecular weight excluding hydrogens is 146 g/mol. The lowest BCUT2D eigenvalue weighted by Gasteiger charge is -1.96. The van der Waals surface area contributed by atoms with Gasteiger partial charge in [-0.25, -0.2) is 0 Å². The van der Waals surface area contributed by atoms with Gasteiger partial charge in [0, 0.05) is 6.54 Å². The minimum Gasteiger partial charge on any atom is -0.391 e. The third-order valence-electron chi connectivity index (χ3n) is 1.21. The predicted molar refractivity (Wildman–Crippen MR) is 49.6 cm³/mol. The van der Waals surface area contributed by atoms with E-state index in [-0.39, 0.29) is 12.4 Å². The normalized spacial score (nSPS) is 9.40. The lowest BCUT2D eigenvalue weighted by molar-refractivity contribution is 0.683. The van der Waals surface area contributed by atoms with Crippen molar-refractivity contribution < 1.29 is 0 Å². The third-order valence-corrected chi connectivity index (χ3v) is 1.21. The van der Waals surface area contributed by atoms with Gasteiger partial charge in [0.25, 0.3) is 0 Å². The van der Waals surface area contributed by atoms with Crippen molar-refractivity contribution in [3.8, 4) is 0 Å². The van der Waals surface area contributed by atoms with Gasteiger partial charge in [-0.3, -0.25) is 0 Å². The summed E-state index contributed by atoms with van der Waals surface area (Å²) in [7, 11) is 0. The maximum Gasteiger partial charge on any atom is 0.0141 e. The maximum absolute atomic E-state index is 3.19. The molecule has 0 bridgehead atoms. The summed E-state index contributed by atoms with van der Waals surface area (Å²) in [5.41, 5.74) is 0. The van der Waals surface area contributed by atoms with Crippen molar-refractivity contribution in [3.05, 3.63) is 12.3 Å². The zero-order valence-corrected chi connectivity index (χ0v) is 7.71. The van der Waals surface area contributed by atoms with Gasteiger partial charge >= 0.3 is 0 Å². The minimum atomic E-state index is 0. The van der Waals surface area contributed by atoms with Crippen LogP contribution in [-0.2, 0) is 0 Å². The molecule has 0 aromatic carbocycles. The Morgan fingerprint density at radius 2 is 2.00 bits per heavy atom. The molecule has 0 rings (SSSR count). The fourth-order valence-electron chi connectivity index (χ4n) is 0.678. The molecule has 0 atom stereocenters. The Kier molecular flexibility index (Phi) is 14.5. The van der Waals surface area contributed by atoms with Gasteiger partial charge in [0.2, 0.25) is 0 Å². The van der Waals surface area contributed by atoms with E-state index in [1.807, 2.05) is 19.2 Å². The van der Waals surface area contributed by atoms with E-state index in [1.165, 1.54) is 19.3 Å². The fraction of sp³-hybridized carbons (Fsp3) is 0.750. The molecule has 62 valence electrons. The van der Waals surface area contributed by atoms with Crippen LogP contribution in [-0.4, -0.2) is 6.54 Å². The second-order valence-electron chi connectivity index (χ2n) is 2.16. The summed E-state index contributed by atoms with van der Waals surface area (Å²) in [4.78, 5) is 0. The minimum absolute atomic E-state index is 0.